The van der Waals surface area contributed by atoms with Crippen molar-refractivity contribution in [3.8, 4) is 5.88 Å². The predicted octanol–water partition coefficient (Wildman–Crippen LogP) is 1.04. The number of hydrogen-bond acceptors (Lipinski definition) is 6. The third-order valence-corrected chi connectivity index (χ3v) is 3.81. The molecule has 8 heteroatoms. The monoisotopic (exact) mass is 316 g/mol. The second-order valence-electron chi connectivity index (χ2n) is 5.44. The average molecular weight is 316 g/mol. The molecule has 0 aromatic carbocycles. The quantitative estimate of drug-likeness (QED) is 0.856. The highest BCUT2D eigenvalue weighted by Gasteiger charge is 2.31. The maximum absolute atomic E-state index is 11.8. The van der Waals surface area contributed by atoms with Crippen molar-refractivity contribution in [2.24, 2.45) is 7.05 Å². The molecule has 1 saturated heterocycles. The zero-order valence-corrected chi connectivity index (χ0v) is 13.2. The minimum atomic E-state index is -0.165. The summed E-state index contributed by atoms with van der Waals surface area (Å²) in [5.74, 6) is 1.15. The van der Waals surface area contributed by atoms with E-state index in [2.05, 4.69) is 25.6 Å². The number of aryl methyl sites for hydroxylation is 1. The molecule has 0 spiro atoms. The number of piperidine rings is 1. The van der Waals surface area contributed by atoms with Crippen LogP contribution in [0.15, 0.2) is 24.9 Å². The van der Waals surface area contributed by atoms with Crippen molar-refractivity contribution < 1.29 is 9.53 Å². The Hall–Kier alpha value is -2.64. The van der Waals surface area contributed by atoms with E-state index in [1.165, 1.54) is 0 Å². The Balaban J connectivity index is 1.80. The van der Waals surface area contributed by atoms with Gasteiger partial charge in [-0.2, -0.15) is 4.98 Å². The van der Waals surface area contributed by atoms with Crippen LogP contribution in [0.3, 0.4) is 0 Å². The number of nitrogens with one attached hydrogen (secondary N) is 2. The first-order valence-corrected chi connectivity index (χ1v) is 7.64. The van der Waals surface area contributed by atoms with Crippen LogP contribution in [0.1, 0.15) is 31.5 Å². The standard InChI is InChI=1S/C15H20N6O2/c1-3-23-14-8-16-7-12(19-14)18-10-4-5-13(22)20-15(10)11-6-17-9-21(11)2/h6-10,15H,3-5H2,1-2H3,(H,18,19)(H,20,22)/t10-,15-/m1/s1. The molecule has 1 aliphatic rings. The van der Waals surface area contributed by atoms with Gasteiger partial charge in [0.15, 0.2) is 0 Å². The van der Waals surface area contributed by atoms with Crippen molar-refractivity contribution in [3.63, 3.8) is 0 Å². The molecule has 2 atom stereocenters. The SMILES string of the molecule is CCOc1cncc(N[C@@H]2CCC(=O)N[C@H]2c2cncn2C)n1. The largest absolute Gasteiger partial charge is 0.477 e. The van der Waals surface area contributed by atoms with Gasteiger partial charge in [-0.05, 0) is 13.3 Å². The minimum absolute atomic E-state index is 0.00859. The Bertz CT molecular complexity index is 686. The lowest BCUT2D eigenvalue weighted by atomic mass is 9.95. The van der Waals surface area contributed by atoms with E-state index in [1.54, 1.807) is 24.9 Å². The van der Waals surface area contributed by atoms with Crippen molar-refractivity contribution in [1.82, 2.24) is 24.8 Å². The Morgan fingerprint density at radius 1 is 1.39 bits per heavy atom. The molecule has 3 heterocycles. The number of carbonyl (C=O) groups excluding carboxylic acids is 1. The summed E-state index contributed by atoms with van der Waals surface area (Å²) in [6, 6.07) is -0.157. The molecule has 3 rings (SSSR count). The fourth-order valence-corrected chi connectivity index (χ4v) is 2.73. The molecule has 0 unspecified atom stereocenters. The van der Waals surface area contributed by atoms with Crippen molar-refractivity contribution in [3.05, 3.63) is 30.6 Å². The van der Waals surface area contributed by atoms with Gasteiger partial charge in [0.05, 0.1) is 49.3 Å². The molecule has 0 radical (unpaired) electrons. The van der Waals surface area contributed by atoms with Crippen LogP contribution in [-0.4, -0.2) is 38.1 Å². The van der Waals surface area contributed by atoms with Gasteiger partial charge in [0.1, 0.15) is 5.82 Å². The number of hydrogen-bond donors (Lipinski definition) is 2. The number of aromatic nitrogens is 4. The van der Waals surface area contributed by atoms with Crippen LogP contribution in [-0.2, 0) is 11.8 Å². The first-order chi connectivity index (χ1) is 11.2. The highest BCUT2D eigenvalue weighted by molar-refractivity contribution is 5.77. The third kappa shape index (κ3) is 3.41. The number of anilines is 1. The molecule has 2 aromatic rings. The molecule has 1 aliphatic heterocycles. The van der Waals surface area contributed by atoms with Crippen molar-refractivity contribution in [2.45, 2.75) is 31.8 Å². The van der Waals surface area contributed by atoms with Gasteiger partial charge in [-0.15, -0.1) is 0 Å². The number of rotatable bonds is 5. The summed E-state index contributed by atoms with van der Waals surface area (Å²) in [4.78, 5) is 24.5. The van der Waals surface area contributed by atoms with E-state index in [0.717, 1.165) is 5.69 Å². The van der Waals surface area contributed by atoms with Crippen LogP contribution >= 0.6 is 0 Å². The maximum atomic E-state index is 11.8. The summed E-state index contributed by atoms with van der Waals surface area (Å²) < 4.78 is 7.28. The molecule has 8 nitrogen and oxygen atoms in total. The molecule has 0 saturated carbocycles. The summed E-state index contributed by atoms with van der Waals surface area (Å²) >= 11 is 0. The van der Waals surface area contributed by atoms with Crippen molar-refractivity contribution >= 4 is 11.7 Å². The number of ether oxygens (including phenoxy) is 1. The molecule has 1 amide bonds. The van der Waals surface area contributed by atoms with E-state index < -0.39 is 0 Å². The highest BCUT2D eigenvalue weighted by Crippen LogP contribution is 2.26. The van der Waals surface area contributed by atoms with E-state index in [1.807, 2.05) is 18.5 Å². The zero-order valence-electron chi connectivity index (χ0n) is 13.2. The molecular formula is C15H20N6O2. The minimum Gasteiger partial charge on any atom is -0.477 e. The van der Waals surface area contributed by atoms with Crippen LogP contribution in [0, 0.1) is 0 Å². The molecule has 122 valence electrons. The number of nitrogens with zero attached hydrogens (tertiary/aromatic N) is 4. The Kier molecular flexibility index (Phi) is 4.40. The van der Waals surface area contributed by atoms with Crippen LogP contribution in [0.25, 0.3) is 0 Å². The Morgan fingerprint density at radius 2 is 2.26 bits per heavy atom. The normalized spacial score (nSPS) is 20.9. The van der Waals surface area contributed by atoms with E-state index in [-0.39, 0.29) is 18.0 Å². The lowest BCUT2D eigenvalue weighted by Gasteiger charge is -2.33. The van der Waals surface area contributed by atoms with Gasteiger partial charge >= 0.3 is 0 Å². The van der Waals surface area contributed by atoms with Crippen LogP contribution in [0.5, 0.6) is 5.88 Å². The molecule has 2 N–H and O–H groups in total. The molecule has 2 aromatic heterocycles. The van der Waals surface area contributed by atoms with E-state index >= 15 is 0 Å². The first kappa shape index (κ1) is 15.3. The van der Waals surface area contributed by atoms with Gasteiger partial charge in [0.25, 0.3) is 0 Å². The summed E-state index contributed by atoms with van der Waals surface area (Å²) in [5.41, 5.74) is 0.949. The fourth-order valence-electron chi connectivity index (χ4n) is 2.73. The van der Waals surface area contributed by atoms with Gasteiger partial charge in [0.2, 0.25) is 11.8 Å². The zero-order chi connectivity index (χ0) is 16.2. The summed E-state index contributed by atoms with van der Waals surface area (Å²) in [6.07, 6.45) is 7.91. The third-order valence-electron chi connectivity index (χ3n) is 3.81. The highest BCUT2D eigenvalue weighted by atomic mass is 16.5. The number of carbonyl (C=O) groups is 1. The second kappa shape index (κ2) is 6.64. The molecule has 0 bridgehead atoms. The Labute approximate surface area is 134 Å². The summed E-state index contributed by atoms with van der Waals surface area (Å²) in [7, 11) is 1.91. The smallest absolute Gasteiger partial charge is 0.234 e. The number of amides is 1. The summed E-state index contributed by atoms with van der Waals surface area (Å²) in [6.45, 7) is 2.44. The van der Waals surface area contributed by atoms with Crippen molar-refractivity contribution in [2.75, 3.05) is 11.9 Å². The first-order valence-electron chi connectivity index (χ1n) is 7.64. The van der Waals surface area contributed by atoms with Gasteiger partial charge in [-0.25, -0.2) is 4.98 Å². The Morgan fingerprint density at radius 3 is 3.00 bits per heavy atom. The molecule has 0 aliphatic carbocycles. The van der Waals surface area contributed by atoms with E-state index in [9.17, 15) is 4.79 Å². The maximum Gasteiger partial charge on any atom is 0.234 e. The molecule has 23 heavy (non-hydrogen) atoms. The van der Waals surface area contributed by atoms with Gasteiger partial charge in [-0.3, -0.25) is 9.78 Å². The second-order valence-corrected chi connectivity index (χ2v) is 5.44. The van der Waals surface area contributed by atoms with Crippen LogP contribution < -0.4 is 15.4 Å². The predicted molar refractivity (Wildman–Crippen MR) is 83.9 cm³/mol. The average Bonchev–Trinajstić information content (AvgIpc) is 2.96. The van der Waals surface area contributed by atoms with Gasteiger partial charge in [0, 0.05) is 13.5 Å². The van der Waals surface area contributed by atoms with Crippen LogP contribution in [0.4, 0.5) is 5.82 Å². The summed E-state index contributed by atoms with van der Waals surface area (Å²) in [5, 5.41) is 6.38. The van der Waals surface area contributed by atoms with Crippen LogP contribution in [0.2, 0.25) is 0 Å². The van der Waals surface area contributed by atoms with Gasteiger partial charge < -0.3 is 19.9 Å². The molecule has 1 fully saturated rings. The van der Waals surface area contributed by atoms with E-state index in [4.69, 9.17) is 4.74 Å². The van der Waals surface area contributed by atoms with E-state index in [0.29, 0.717) is 31.1 Å². The lowest BCUT2D eigenvalue weighted by molar-refractivity contribution is -0.123. The lowest BCUT2D eigenvalue weighted by Crippen LogP contribution is -2.45. The fraction of sp³-hybridized carbons (Fsp3) is 0.467. The topological polar surface area (TPSA) is 94.0 Å². The molecular weight excluding hydrogens is 296 g/mol. The number of imidazole rings is 1. The van der Waals surface area contributed by atoms with Gasteiger partial charge in [-0.1, -0.05) is 0 Å². The van der Waals surface area contributed by atoms with Crippen molar-refractivity contribution in [1.29, 1.82) is 0 Å².